The fourth-order valence-corrected chi connectivity index (χ4v) is 3.94. The largest absolute Gasteiger partial charge is 0.454 e. The van der Waals surface area contributed by atoms with Crippen LogP contribution in [0.1, 0.15) is 20.7 Å². The highest BCUT2D eigenvalue weighted by Gasteiger charge is 2.26. The highest BCUT2D eigenvalue weighted by molar-refractivity contribution is 6.14. The molecule has 0 saturated heterocycles. The van der Waals surface area contributed by atoms with Crippen molar-refractivity contribution in [3.63, 3.8) is 0 Å². The van der Waals surface area contributed by atoms with Crippen molar-refractivity contribution in [3.8, 4) is 0 Å². The summed E-state index contributed by atoms with van der Waals surface area (Å²) < 4.78 is 6.78. The number of fused-ring (bicyclic) bond motifs is 7. The first-order valence-corrected chi connectivity index (χ1v) is 8.66. The van der Waals surface area contributed by atoms with E-state index in [2.05, 4.69) is 24.3 Å². The number of hydrogen-bond acceptors (Lipinski definition) is 4. The third kappa shape index (κ3) is 1.91. The van der Waals surface area contributed by atoms with Crippen molar-refractivity contribution >= 4 is 49.8 Å². The van der Waals surface area contributed by atoms with Crippen LogP contribution in [0.5, 0.6) is 0 Å². The second-order valence-corrected chi connectivity index (χ2v) is 6.80. The van der Waals surface area contributed by atoms with Crippen LogP contribution in [0.25, 0.3) is 38.1 Å². The van der Waals surface area contributed by atoms with Gasteiger partial charge in [0.2, 0.25) is 5.78 Å². The predicted octanol–water partition coefficient (Wildman–Crippen LogP) is 4.15. The van der Waals surface area contributed by atoms with Crippen molar-refractivity contribution < 1.29 is 14.3 Å². The van der Waals surface area contributed by atoms with E-state index in [0.717, 1.165) is 32.7 Å². The van der Waals surface area contributed by atoms with E-state index in [-0.39, 0.29) is 12.4 Å². The van der Waals surface area contributed by atoms with Gasteiger partial charge >= 0.3 is 5.97 Å². The van der Waals surface area contributed by atoms with Gasteiger partial charge in [0.05, 0.1) is 22.1 Å². The van der Waals surface area contributed by atoms with E-state index in [0.29, 0.717) is 11.1 Å². The van der Waals surface area contributed by atoms with Crippen LogP contribution in [-0.2, 0) is 4.74 Å². The summed E-state index contributed by atoms with van der Waals surface area (Å²) in [6, 6.07) is 16.2. The van der Waals surface area contributed by atoms with Crippen LogP contribution in [0.3, 0.4) is 0 Å². The Morgan fingerprint density at radius 1 is 0.889 bits per heavy atom. The molecule has 0 unspecified atom stereocenters. The average molecular weight is 352 g/mol. The lowest BCUT2D eigenvalue weighted by atomic mass is 10.0. The van der Waals surface area contributed by atoms with E-state index >= 15 is 0 Å². The molecular formula is C22H12N2O3. The van der Waals surface area contributed by atoms with E-state index < -0.39 is 5.97 Å². The van der Waals surface area contributed by atoms with Gasteiger partial charge in [0.15, 0.2) is 6.61 Å². The number of ketones is 1. The van der Waals surface area contributed by atoms with Crippen molar-refractivity contribution in [2.24, 2.45) is 0 Å². The highest BCUT2D eigenvalue weighted by atomic mass is 16.5. The van der Waals surface area contributed by atoms with Crippen molar-refractivity contribution in [2.45, 2.75) is 0 Å². The molecule has 0 aliphatic carbocycles. The Labute approximate surface area is 152 Å². The molecule has 6 rings (SSSR count). The quantitative estimate of drug-likeness (QED) is 0.310. The number of carbonyl (C=O) groups excluding carboxylic acids is 2. The van der Waals surface area contributed by atoms with Crippen LogP contribution >= 0.6 is 0 Å². The second-order valence-electron chi connectivity index (χ2n) is 6.80. The van der Waals surface area contributed by atoms with Gasteiger partial charge in [-0.2, -0.15) is 0 Å². The van der Waals surface area contributed by atoms with E-state index in [9.17, 15) is 9.59 Å². The number of carbonyl (C=O) groups is 2. The minimum Gasteiger partial charge on any atom is -0.454 e. The average Bonchev–Trinajstić information content (AvgIpc) is 3.05. The maximum absolute atomic E-state index is 12.2. The second kappa shape index (κ2) is 4.92. The molecule has 0 bridgehead atoms. The van der Waals surface area contributed by atoms with Gasteiger partial charge in [0.1, 0.15) is 0 Å². The molecule has 3 aromatic heterocycles. The molecule has 128 valence electrons. The maximum Gasteiger partial charge on any atom is 0.340 e. The molecular weight excluding hydrogens is 340 g/mol. The lowest BCUT2D eigenvalue weighted by Crippen LogP contribution is -2.24. The molecule has 5 heteroatoms. The number of aromatic nitrogens is 2. The fourth-order valence-electron chi connectivity index (χ4n) is 3.94. The lowest BCUT2D eigenvalue weighted by molar-refractivity contribution is 0.0442. The Kier molecular flexibility index (Phi) is 2.63. The molecule has 27 heavy (non-hydrogen) atoms. The van der Waals surface area contributed by atoms with Gasteiger partial charge in [-0.1, -0.05) is 30.3 Å². The molecule has 0 saturated carbocycles. The fraction of sp³-hybridized carbons (Fsp3) is 0.0455. The molecule has 0 atom stereocenters. The molecule has 1 aliphatic rings. The maximum atomic E-state index is 12.2. The number of Topliss-reactive ketones (excluding diaryl/α,β-unsaturated/α-hetero) is 1. The zero-order chi connectivity index (χ0) is 18.1. The van der Waals surface area contributed by atoms with E-state index in [1.165, 1.54) is 5.39 Å². The minimum atomic E-state index is -0.464. The third-order valence-electron chi connectivity index (χ3n) is 5.25. The normalized spacial score (nSPS) is 14.2. The van der Waals surface area contributed by atoms with Gasteiger partial charge in [-0.25, -0.2) is 9.78 Å². The number of rotatable bonds is 0. The van der Waals surface area contributed by atoms with E-state index in [1.54, 1.807) is 12.3 Å². The number of nitrogens with zero attached hydrogens (tertiary/aromatic N) is 2. The molecule has 0 N–H and O–H groups in total. The van der Waals surface area contributed by atoms with Crippen LogP contribution in [0.15, 0.2) is 60.9 Å². The Morgan fingerprint density at radius 2 is 1.78 bits per heavy atom. The first kappa shape index (κ1) is 14.4. The number of benzene rings is 2. The summed E-state index contributed by atoms with van der Waals surface area (Å²) in [7, 11) is 0. The third-order valence-corrected chi connectivity index (χ3v) is 5.25. The number of pyridine rings is 2. The topological polar surface area (TPSA) is 60.7 Å². The monoisotopic (exact) mass is 352 g/mol. The molecule has 0 fully saturated rings. The summed E-state index contributed by atoms with van der Waals surface area (Å²) in [6.45, 7) is -0.205. The van der Waals surface area contributed by atoms with Crippen LogP contribution in [0.2, 0.25) is 0 Å². The van der Waals surface area contributed by atoms with Crippen molar-refractivity contribution in [2.75, 3.05) is 6.61 Å². The number of hydrogen-bond donors (Lipinski definition) is 0. The molecule has 5 nitrogen and oxygen atoms in total. The summed E-state index contributed by atoms with van der Waals surface area (Å²) in [4.78, 5) is 29.1. The Balaban J connectivity index is 1.74. The first-order chi connectivity index (χ1) is 13.2. The Hall–Kier alpha value is -3.73. The van der Waals surface area contributed by atoms with Crippen molar-refractivity contribution in [3.05, 3.63) is 72.1 Å². The summed E-state index contributed by atoms with van der Waals surface area (Å²) in [6.07, 6.45) is 3.60. The molecule has 0 amide bonds. The molecule has 0 radical (unpaired) electrons. The predicted molar refractivity (Wildman–Crippen MR) is 102 cm³/mol. The first-order valence-electron chi connectivity index (χ1n) is 8.66. The molecule has 0 spiro atoms. The van der Waals surface area contributed by atoms with Gasteiger partial charge in [-0.3, -0.25) is 4.79 Å². The van der Waals surface area contributed by atoms with Gasteiger partial charge in [0.25, 0.3) is 0 Å². The number of cyclic esters (lactones) is 1. The van der Waals surface area contributed by atoms with Crippen LogP contribution < -0.4 is 0 Å². The van der Waals surface area contributed by atoms with Gasteiger partial charge < -0.3 is 9.14 Å². The van der Waals surface area contributed by atoms with Gasteiger partial charge in [0, 0.05) is 28.7 Å². The van der Waals surface area contributed by atoms with E-state index in [4.69, 9.17) is 9.72 Å². The summed E-state index contributed by atoms with van der Waals surface area (Å²) in [5.41, 5.74) is 3.22. The summed E-state index contributed by atoms with van der Waals surface area (Å²) >= 11 is 0. The number of ether oxygens (including phenoxy) is 1. The molecule has 1 aliphatic heterocycles. The number of esters is 1. The molecule has 2 aromatic carbocycles. The lowest BCUT2D eigenvalue weighted by Gasteiger charge is -2.14. The van der Waals surface area contributed by atoms with Crippen LogP contribution in [0, 0.1) is 0 Å². The highest BCUT2D eigenvalue weighted by Crippen LogP contribution is 2.31. The van der Waals surface area contributed by atoms with Crippen molar-refractivity contribution in [1.29, 1.82) is 0 Å². The molecule has 5 aromatic rings. The van der Waals surface area contributed by atoms with E-state index in [1.807, 2.05) is 28.8 Å². The minimum absolute atomic E-state index is 0.187. The Morgan fingerprint density at radius 3 is 2.70 bits per heavy atom. The Bertz CT molecular complexity index is 1460. The summed E-state index contributed by atoms with van der Waals surface area (Å²) in [5, 5.41) is 4.36. The van der Waals surface area contributed by atoms with Crippen molar-refractivity contribution in [1.82, 2.24) is 9.38 Å². The summed E-state index contributed by atoms with van der Waals surface area (Å²) in [5.74, 6) is -0.651. The zero-order valence-corrected chi connectivity index (χ0v) is 14.1. The zero-order valence-electron chi connectivity index (χ0n) is 14.1. The standard InChI is InChI=1S/C22H12N2O3/c25-20-11-27-22(26)17-10-24-9-13-7-15-14-4-2-1-3-12(14)5-6-18(15)23-21(13)19(24)8-16(17)20/h1-10H,11H2. The van der Waals surface area contributed by atoms with Gasteiger partial charge in [-0.05, 0) is 29.0 Å². The SMILES string of the molecule is O=C1COC(=O)c2cn3cc4cc5c(ccc6ccccc65)nc4c3cc21. The molecule has 4 heterocycles. The smallest absolute Gasteiger partial charge is 0.340 e. The van der Waals surface area contributed by atoms with Crippen LogP contribution in [0.4, 0.5) is 0 Å². The van der Waals surface area contributed by atoms with Gasteiger partial charge in [-0.15, -0.1) is 0 Å². The van der Waals surface area contributed by atoms with Crippen LogP contribution in [-0.4, -0.2) is 27.7 Å².